The molecule has 0 radical (unpaired) electrons. The van der Waals surface area contributed by atoms with E-state index < -0.39 is 0 Å². The van der Waals surface area contributed by atoms with Crippen molar-refractivity contribution in [3.05, 3.63) is 21.9 Å². The zero-order valence-corrected chi connectivity index (χ0v) is 9.74. The summed E-state index contributed by atoms with van der Waals surface area (Å²) in [6, 6.07) is 2.09. The molecule has 0 aliphatic heterocycles. The normalized spacial score (nSPS) is 11.1. The highest BCUT2D eigenvalue weighted by Crippen LogP contribution is 2.28. The Morgan fingerprint density at radius 3 is 2.71 bits per heavy atom. The molecule has 0 N–H and O–H groups in total. The largest absolute Gasteiger partial charge is 0.222 e. The first-order valence-electron chi connectivity index (χ1n) is 4.69. The number of aromatic nitrogens is 2. The van der Waals surface area contributed by atoms with E-state index in [0.717, 1.165) is 28.9 Å². The third-order valence-corrected chi connectivity index (χ3v) is 3.57. The van der Waals surface area contributed by atoms with E-state index in [1.807, 2.05) is 6.92 Å². The lowest BCUT2D eigenvalue weighted by Crippen LogP contribution is -1.91. The van der Waals surface area contributed by atoms with Gasteiger partial charge in [0.25, 0.3) is 0 Å². The summed E-state index contributed by atoms with van der Waals surface area (Å²) >= 11 is 7.77. The molecule has 0 aromatic carbocycles. The second kappa shape index (κ2) is 3.83. The molecule has 0 saturated carbocycles. The quantitative estimate of drug-likeness (QED) is 0.733. The first kappa shape index (κ1) is 9.87. The minimum Gasteiger partial charge on any atom is -0.222 e. The van der Waals surface area contributed by atoms with Crippen molar-refractivity contribution in [1.29, 1.82) is 0 Å². The van der Waals surface area contributed by atoms with Gasteiger partial charge in [0, 0.05) is 16.7 Å². The van der Waals surface area contributed by atoms with E-state index in [2.05, 4.69) is 23.0 Å². The van der Waals surface area contributed by atoms with Gasteiger partial charge < -0.3 is 0 Å². The van der Waals surface area contributed by atoms with Crippen LogP contribution in [0.3, 0.4) is 0 Å². The molecule has 2 aromatic heterocycles. The lowest BCUT2D eigenvalue weighted by atomic mass is 10.3. The van der Waals surface area contributed by atoms with Crippen LogP contribution in [0.1, 0.15) is 24.5 Å². The van der Waals surface area contributed by atoms with Gasteiger partial charge in [0.05, 0.1) is 0 Å². The van der Waals surface area contributed by atoms with Crippen molar-refractivity contribution in [2.75, 3.05) is 0 Å². The molecule has 0 bridgehead atoms. The third kappa shape index (κ3) is 1.62. The lowest BCUT2D eigenvalue weighted by molar-refractivity contribution is 0.965. The number of hydrogen-bond donors (Lipinski definition) is 0. The van der Waals surface area contributed by atoms with Crippen molar-refractivity contribution in [2.24, 2.45) is 0 Å². The Hall–Kier alpha value is -0.670. The molecular weight excluding hydrogens is 216 g/mol. The van der Waals surface area contributed by atoms with Crippen molar-refractivity contribution in [1.82, 2.24) is 9.97 Å². The Labute approximate surface area is 92.0 Å². The molecule has 0 saturated heterocycles. The van der Waals surface area contributed by atoms with Crippen molar-refractivity contribution in [3.8, 4) is 0 Å². The molecule has 0 aliphatic carbocycles. The fourth-order valence-electron chi connectivity index (χ4n) is 1.31. The van der Waals surface area contributed by atoms with Crippen molar-refractivity contribution >= 4 is 33.2 Å². The van der Waals surface area contributed by atoms with Crippen LogP contribution in [-0.4, -0.2) is 9.97 Å². The van der Waals surface area contributed by atoms with Gasteiger partial charge in [-0.3, -0.25) is 0 Å². The Kier molecular flexibility index (Phi) is 2.70. The average molecular weight is 227 g/mol. The van der Waals surface area contributed by atoms with Gasteiger partial charge in [0.2, 0.25) is 0 Å². The highest BCUT2D eigenvalue weighted by molar-refractivity contribution is 7.18. The number of halogens is 1. The molecule has 0 unspecified atom stereocenters. The molecule has 4 heteroatoms. The first-order valence-corrected chi connectivity index (χ1v) is 5.88. The van der Waals surface area contributed by atoms with E-state index in [4.69, 9.17) is 11.6 Å². The summed E-state index contributed by atoms with van der Waals surface area (Å²) in [5, 5.41) is 1.58. The maximum absolute atomic E-state index is 6.07. The Morgan fingerprint density at radius 1 is 1.29 bits per heavy atom. The summed E-state index contributed by atoms with van der Waals surface area (Å²) in [6.07, 6.45) is 1.85. The zero-order chi connectivity index (χ0) is 10.1. The fourth-order valence-corrected chi connectivity index (χ4v) is 2.59. The maximum atomic E-state index is 6.07. The molecule has 14 heavy (non-hydrogen) atoms. The smallest absolute Gasteiger partial charge is 0.141 e. The van der Waals surface area contributed by atoms with Crippen LogP contribution < -0.4 is 0 Å². The van der Waals surface area contributed by atoms with Crippen LogP contribution in [0.2, 0.25) is 5.15 Å². The Balaban J connectivity index is 2.67. The summed E-state index contributed by atoms with van der Waals surface area (Å²) in [5.74, 6) is 0.826. The van der Waals surface area contributed by atoms with E-state index in [9.17, 15) is 0 Å². The molecule has 74 valence electrons. The van der Waals surface area contributed by atoms with Gasteiger partial charge in [-0.2, -0.15) is 0 Å². The van der Waals surface area contributed by atoms with Crippen LogP contribution in [0.5, 0.6) is 0 Å². The van der Waals surface area contributed by atoms with E-state index in [1.54, 1.807) is 11.3 Å². The minimum atomic E-state index is 0.586. The summed E-state index contributed by atoms with van der Waals surface area (Å²) < 4.78 is 0. The van der Waals surface area contributed by atoms with Gasteiger partial charge in [-0.25, -0.2) is 9.97 Å². The number of aryl methyl sites for hydroxylation is 2. The van der Waals surface area contributed by atoms with Gasteiger partial charge >= 0.3 is 0 Å². The molecule has 2 heterocycles. The molecular formula is C10H11ClN2S. The average Bonchev–Trinajstić information content (AvgIpc) is 2.61. The first-order chi connectivity index (χ1) is 6.74. The second-order valence-electron chi connectivity index (χ2n) is 3.07. The molecule has 0 amide bonds. The topological polar surface area (TPSA) is 25.8 Å². The van der Waals surface area contributed by atoms with Gasteiger partial charge in [-0.1, -0.05) is 25.4 Å². The Morgan fingerprint density at radius 2 is 2.07 bits per heavy atom. The molecule has 0 spiro atoms. The van der Waals surface area contributed by atoms with E-state index >= 15 is 0 Å². The van der Waals surface area contributed by atoms with Crippen LogP contribution >= 0.6 is 22.9 Å². The summed E-state index contributed by atoms with van der Waals surface area (Å²) in [7, 11) is 0. The number of thiophene rings is 1. The zero-order valence-electron chi connectivity index (χ0n) is 8.17. The highest BCUT2D eigenvalue weighted by Gasteiger charge is 2.08. The molecule has 2 aromatic rings. The lowest BCUT2D eigenvalue weighted by Gasteiger charge is -1.96. The molecule has 0 aliphatic rings. The second-order valence-corrected chi connectivity index (χ2v) is 4.54. The number of rotatable bonds is 2. The molecule has 0 atom stereocenters. The summed E-state index contributed by atoms with van der Waals surface area (Å²) in [4.78, 5) is 11.0. The van der Waals surface area contributed by atoms with E-state index in [-0.39, 0.29) is 0 Å². The van der Waals surface area contributed by atoms with E-state index in [0.29, 0.717) is 5.15 Å². The van der Waals surface area contributed by atoms with Gasteiger partial charge in [0.1, 0.15) is 15.8 Å². The van der Waals surface area contributed by atoms with Gasteiger partial charge in [-0.05, 0) is 12.5 Å². The van der Waals surface area contributed by atoms with E-state index in [1.165, 1.54) is 4.88 Å². The standard InChI is InChI=1S/C10H11ClN2S/c1-3-6-5-7-9(11)12-8(4-2)13-10(7)14-6/h5H,3-4H2,1-2H3. The van der Waals surface area contributed by atoms with Crippen LogP contribution in [0, 0.1) is 0 Å². The number of fused-ring (bicyclic) bond motifs is 1. The van der Waals surface area contributed by atoms with Crippen LogP contribution in [-0.2, 0) is 12.8 Å². The van der Waals surface area contributed by atoms with Gasteiger partial charge in [0.15, 0.2) is 0 Å². The van der Waals surface area contributed by atoms with Crippen molar-refractivity contribution in [2.45, 2.75) is 26.7 Å². The monoisotopic (exact) mass is 226 g/mol. The summed E-state index contributed by atoms with van der Waals surface area (Å²) in [6.45, 7) is 4.17. The van der Waals surface area contributed by atoms with Crippen LogP contribution in [0.4, 0.5) is 0 Å². The maximum Gasteiger partial charge on any atom is 0.141 e. The van der Waals surface area contributed by atoms with Crippen LogP contribution in [0.15, 0.2) is 6.07 Å². The van der Waals surface area contributed by atoms with Crippen LogP contribution in [0.25, 0.3) is 10.2 Å². The Bertz CT molecular complexity index is 464. The molecule has 2 rings (SSSR count). The highest BCUT2D eigenvalue weighted by atomic mass is 35.5. The molecule has 0 fully saturated rings. The predicted molar refractivity (Wildman–Crippen MR) is 61.2 cm³/mol. The predicted octanol–water partition coefficient (Wildman–Crippen LogP) is 3.47. The molecule has 2 nitrogen and oxygen atoms in total. The number of nitrogens with zero attached hydrogens (tertiary/aromatic N) is 2. The SMILES string of the molecule is CCc1nc(Cl)c2cc(CC)sc2n1. The fraction of sp³-hybridized carbons (Fsp3) is 0.400. The van der Waals surface area contributed by atoms with Gasteiger partial charge in [-0.15, -0.1) is 11.3 Å². The van der Waals surface area contributed by atoms with Crippen molar-refractivity contribution in [3.63, 3.8) is 0 Å². The third-order valence-electron chi connectivity index (χ3n) is 2.11. The van der Waals surface area contributed by atoms with Crippen molar-refractivity contribution < 1.29 is 0 Å². The minimum absolute atomic E-state index is 0.586. The summed E-state index contributed by atoms with van der Waals surface area (Å²) in [5.41, 5.74) is 0. The number of hydrogen-bond acceptors (Lipinski definition) is 3.